The van der Waals surface area contributed by atoms with Gasteiger partial charge in [-0.25, -0.2) is 0 Å². The molecule has 0 radical (unpaired) electrons. The average Bonchev–Trinajstić information content (AvgIpc) is 2.79. The Hall–Kier alpha value is -3.65. The van der Waals surface area contributed by atoms with Gasteiger partial charge in [-0.1, -0.05) is 51.1 Å². The number of benzene rings is 3. The highest BCUT2D eigenvalue weighted by Crippen LogP contribution is 2.23. The first-order valence-electron chi connectivity index (χ1n) is 10.7. The molecule has 0 saturated heterocycles. The molecule has 0 heterocycles. The molecule has 0 fully saturated rings. The zero-order valence-corrected chi connectivity index (χ0v) is 20.1. The summed E-state index contributed by atoms with van der Waals surface area (Å²) < 4.78 is 0. The molecule has 2 N–H and O–H groups in total. The third kappa shape index (κ3) is 7.18. The number of non-ortho nitro benzene ring substituents is 1. The summed E-state index contributed by atoms with van der Waals surface area (Å²) in [6.45, 7) is 6.36. The molecule has 7 nitrogen and oxygen atoms in total. The summed E-state index contributed by atoms with van der Waals surface area (Å²) in [7, 11) is 0. The highest BCUT2D eigenvalue weighted by molar-refractivity contribution is 7.99. The minimum atomic E-state index is -0.441. The molecule has 2 amide bonds. The van der Waals surface area contributed by atoms with Crippen LogP contribution < -0.4 is 10.6 Å². The Labute approximate surface area is 203 Å². The number of carbonyl (C=O) groups is 2. The van der Waals surface area contributed by atoms with Crippen molar-refractivity contribution in [2.75, 3.05) is 16.4 Å². The highest BCUT2D eigenvalue weighted by atomic mass is 32.2. The summed E-state index contributed by atoms with van der Waals surface area (Å²) in [4.78, 5) is 35.2. The third-order valence-corrected chi connectivity index (χ3v) is 6.07. The first-order valence-corrected chi connectivity index (χ1v) is 11.9. The first-order chi connectivity index (χ1) is 16.1. The maximum Gasteiger partial charge on any atom is 0.269 e. The summed E-state index contributed by atoms with van der Waals surface area (Å²) >= 11 is 1.41. The minimum Gasteiger partial charge on any atom is -0.325 e. The van der Waals surface area contributed by atoms with Crippen LogP contribution >= 0.6 is 11.8 Å². The molecule has 3 aromatic rings. The summed E-state index contributed by atoms with van der Waals surface area (Å²) in [6, 6.07) is 20.8. The van der Waals surface area contributed by atoms with E-state index in [-0.39, 0.29) is 28.7 Å². The van der Waals surface area contributed by atoms with E-state index in [4.69, 9.17) is 0 Å². The van der Waals surface area contributed by atoms with Gasteiger partial charge in [-0.3, -0.25) is 19.7 Å². The number of nitro benzene ring substituents is 1. The third-order valence-electron chi connectivity index (χ3n) is 5.07. The quantitative estimate of drug-likeness (QED) is 0.305. The van der Waals surface area contributed by atoms with Gasteiger partial charge >= 0.3 is 0 Å². The fraction of sp³-hybridized carbons (Fsp3) is 0.231. The van der Waals surface area contributed by atoms with E-state index < -0.39 is 4.92 Å². The predicted molar refractivity (Wildman–Crippen MR) is 137 cm³/mol. The fourth-order valence-corrected chi connectivity index (χ4v) is 3.96. The molecule has 0 unspecified atom stereocenters. The van der Waals surface area contributed by atoms with Crippen LogP contribution in [0.3, 0.4) is 0 Å². The van der Waals surface area contributed by atoms with Crippen molar-refractivity contribution in [2.45, 2.75) is 31.9 Å². The van der Waals surface area contributed by atoms with Gasteiger partial charge in [0.25, 0.3) is 11.6 Å². The van der Waals surface area contributed by atoms with Crippen molar-refractivity contribution in [3.63, 3.8) is 0 Å². The Balaban J connectivity index is 1.51. The standard InChI is InChI=1S/C26H27N3O4S/c1-26(2,3)20-11-9-19(10-12-20)25(31)28-22-6-4-5-21(15-22)27-24(30)17-34-16-18-7-13-23(14-8-18)29(32)33/h4-15H,16-17H2,1-3H3,(H,27,30)(H,28,31). The molecule has 0 aromatic heterocycles. The van der Waals surface area contributed by atoms with Gasteiger partial charge in [0.2, 0.25) is 5.91 Å². The number of anilines is 2. The molecular weight excluding hydrogens is 450 g/mol. The molecule has 0 spiro atoms. The monoisotopic (exact) mass is 477 g/mol. The lowest BCUT2D eigenvalue weighted by Crippen LogP contribution is -2.16. The number of nitrogens with zero attached hydrogens (tertiary/aromatic N) is 1. The molecule has 3 aromatic carbocycles. The predicted octanol–water partition coefficient (Wildman–Crippen LogP) is 6.02. The Kier molecular flexibility index (Phi) is 8.07. The number of nitrogens with one attached hydrogen (secondary N) is 2. The van der Waals surface area contributed by atoms with Crippen molar-refractivity contribution in [1.29, 1.82) is 0 Å². The number of carbonyl (C=O) groups excluding carboxylic acids is 2. The van der Waals surface area contributed by atoms with Gasteiger partial charge in [0.05, 0.1) is 10.7 Å². The second-order valence-electron chi connectivity index (χ2n) is 8.83. The van der Waals surface area contributed by atoms with Crippen LogP contribution in [0.25, 0.3) is 0 Å². The van der Waals surface area contributed by atoms with Crippen LogP contribution in [0.2, 0.25) is 0 Å². The molecule has 3 rings (SSSR count). The van der Waals surface area contributed by atoms with E-state index in [0.717, 1.165) is 11.1 Å². The van der Waals surface area contributed by atoms with Crippen LogP contribution in [-0.2, 0) is 16.0 Å². The molecule has 0 bridgehead atoms. The van der Waals surface area contributed by atoms with Crippen LogP contribution in [-0.4, -0.2) is 22.5 Å². The average molecular weight is 478 g/mol. The summed E-state index contributed by atoms with van der Waals surface area (Å²) in [6.07, 6.45) is 0. The SMILES string of the molecule is CC(C)(C)c1ccc(C(=O)Nc2cccc(NC(=O)CSCc3ccc([N+](=O)[O-])cc3)c2)cc1. The van der Waals surface area contributed by atoms with Gasteiger partial charge < -0.3 is 10.6 Å². The van der Waals surface area contributed by atoms with Crippen molar-refractivity contribution in [1.82, 2.24) is 0 Å². The Morgan fingerprint density at radius 1 is 0.912 bits per heavy atom. The van der Waals surface area contributed by atoms with Crippen molar-refractivity contribution in [2.24, 2.45) is 0 Å². The van der Waals surface area contributed by atoms with E-state index in [1.165, 1.54) is 23.9 Å². The van der Waals surface area contributed by atoms with E-state index in [1.54, 1.807) is 36.4 Å². The number of hydrogen-bond acceptors (Lipinski definition) is 5. The number of amides is 2. The largest absolute Gasteiger partial charge is 0.325 e. The van der Waals surface area contributed by atoms with Crippen molar-refractivity contribution >= 4 is 40.6 Å². The fourth-order valence-electron chi connectivity index (χ4n) is 3.17. The zero-order chi connectivity index (χ0) is 24.7. The number of hydrogen-bond donors (Lipinski definition) is 2. The van der Waals surface area contributed by atoms with Gasteiger partial charge in [-0.2, -0.15) is 0 Å². The first kappa shape index (κ1) is 25.0. The van der Waals surface area contributed by atoms with Crippen LogP contribution in [0.5, 0.6) is 0 Å². The summed E-state index contributed by atoms with van der Waals surface area (Å²) in [5.41, 5.74) is 3.85. The minimum absolute atomic E-state index is 0.0156. The number of rotatable bonds is 8. The van der Waals surface area contributed by atoms with Crippen LogP contribution in [0.4, 0.5) is 17.1 Å². The molecule has 34 heavy (non-hydrogen) atoms. The van der Waals surface area contributed by atoms with E-state index >= 15 is 0 Å². The zero-order valence-electron chi connectivity index (χ0n) is 19.3. The summed E-state index contributed by atoms with van der Waals surface area (Å²) in [5, 5.41) is 16.4. The van der Waals surface area contributed by atoms with Gasteiger partial charge in [0, 0.05) is 34.8 Å². The maximum absolute atomic E-state index is 12.6. The molecule has 0 aliphatic rings. The van der Waals surface area contributed by atoms with Crippen molar-refractivity contribution in [3.05, 3.63) is 99.6 Å². The number of nitro groups is 1. The molecule has 0 aliphatic heterocycles. The highest BCUT2D eigenvalue weighted by Gasteiger charge is 2.14. The van der Waals surface area contributed by atoms with Crippen molar-refractivity contribution in [3.8, 4) is 0 Å². The topological polar surface area (TPSA) is 101 Å². The van der Waals surface area contributed by atoms with E-state index in [9.17, 15) is 19.7 Å². The van der Waals surface area contributed by atoms with Gasteiger partial charge in [-0.05, 0) is 46.9 Å². The van der Waals surface area contributed by atoms with Gasteiger partial charge in [-0.15, -0.1) is 11.8 Å². The lowest BCUT2D eigenvalue weighted by Gasteiger charge is -2.19. The molecular formula is C26H27N3O4S. The second-order valence-corrected chi connectivity index (χ2v) is 9.81. The lowest BCUT2D eigenvalue weighted by atomic mass is 9.87. The Morgan fingerprint density at radius 2 is 1.53 bits per heavy atom. The number of thioether (sulfide) groups is 1. The van der Waals surface area contributed by atoms with E-state index in [2.05, 4.69) is 31.4 Å². The summed E-state index contributed by atoms with van der Waals surface area (Å²) in [5.74, 6) is 0.402. The van der Waals surface area contributed by atoms with E-state index in [0.29, 0.717) is 22.7 Å². The molecule has 0 aliphatic carbocycles. The Morgan fingerprint density at radius 3 is 2.12 bits per heavy atom. The molecule has 176 valence electrons. The van der Waals surface area contributed by atoms with Crippen molar-refractivity contribution < 1.29 is 14.5 Å². The maximum atomic E-state index is 12.6. The molecule has 0 saturated carbocycles. The van der Waals surface area contributed by atoms with Crippen LogP contribution in [0.15, 0.2) is 72.8 Å². The van der Waals surface area contributed by atoms with Gasteiger partial charge in [0.15, 0.2) is 0 Å². The second kappa shape index (κ2) is 11.0. The van der Waals surface area contributed by atoms with Gasteiger partial charge in [0.1, 0.15) is 0 Å². The van der Waals surface area contributed by atoms with E-state index in [1.807, 2.05) is 24.3 Å². The molecule has 0 atom stereocenters. The molecule has 8 heteroatoms. The normalized spacial score (nSPS) is 11.0. The van der Waals surface area contributed by atoms with Crippen LogP contribution in [0.1, 0.15) is 42.3 Å². The lowest BCUT2D eigenvalue weighted by molar-refractivity contribution is -0.384. The Bertz CT molecular complexity index is 1170. The smallest absolute Gasteiger partial charge is 0.269 e. The van der Waals surface area contributed by atoms with Crippen LogP contribution in [0, 0.1) is 10.1 Å².